The minimum absolute atomic E-state index is 0.751. The van der Waals surface area contributed by atoms with Crippen LogP contribution in [0.15, 0.2) is 78.9 Å². The fourth-order valence-electron chi connectivity index (χ4n) is 5.78. The van der Waals surface area contributed by atoms with Crippen molar-refractivity contribution < 1.29 is 0 Å². The van der Waals surface area contributed by atoms with Crippen molar-refractivity contribution in [3.8, 4) is 20.9 Å². The molecule has 0 radical (unpaired) electrons. The first-order valence-electron chi connectivity index (χ1n) is 11.5. The first-order chi connectivity index (χ1) is 15.7. The van der Waals surface area contributed by atoms with Crippen LogP contribution in [0.5, 0.6) is 0 Å². The Hall–Kier alpha value is -3.16. The van der Waals surface area contributed by atoms with E-state index in [-0.39, 0.29) is 0 Å². The van der Waals surface area contributed by atoms with Crippen LogP contribution in [0.25, 0.3) is 48.5 Å². The Morgan fingerprint density at radius 3 is 2.53 bits per heavy atom. The van der Waals surface area contributed by atoms with Crippen molar-refractivity contribution >= 4 is 39.0 Å². The minimum atomic E-state index is 0.751. The molecule has 2 unspecified atom stereocenters. The lowest BCUT2D eigenvalue weighted by atomic mass is 9.84. The highest BCUT2D eigenvalue weighted by Gasteiger charge is 2.41. The van der Waals surface area contributed by atoms with E-state index in [9.17, 15) is 0 Å². The molecule has 0 aliphatic heterocycles. The molecule has 2 atom stereocenters. The molecule has 154 valence electrons. The Morgan fingerprint density at radius 1 is 0.750 bits per heavy atom. The molecule has 5 aromatic rings. The molecule has 2 aliphatic carbocycles. The van der Waals surface area contributed by atoms with Gasteiger partial charge in [-0.25, -0.2) is 0 Å². The second kappa shape index (κ2) is 6.67. The number of hydrogen-bond acceptors (Lipinski definition) is 1. The highest BCUT2D eigenvalue weighted by atomic mass is 32.1. The van der Waals surface area contributed by atoms with Crippen molar-refractivity contribution in [3.05, 3.63) is 101 Å². The Labute approximate surface area is 192 Å². The van der Waals surface area contributed by atoms with Gasteiger partial charge in [-0.05, 0) is 105 Å². The lowest BCUT2D eigenvalue weighted by molar-refractivity contribution is 0.982. The number of benzene rings is 4. The molecule has 4 aromatic carbocycles. The molecule has 0 bridgehead atoms. The van der Waals surface area contributed by atoms with Crippen molar-refractivity contribution in [1.82, 2.24) is 0 Å². The maximum Gasteiger partial charge on any atom is 0.0355 e. The molecule has 0 saturated heterocycles. The van der Waals surface area contributed by atoms with Crippen molar-refractivity contribution in [1.29, 1.82) is 0 Å². The van der Waals surface area contributed by atoms with Crippen LogP contribution in [0.2, 0.25) is 0 Å². The van der Waals surface area contributed by atoms with Crippen molar-refractivity contribution in [2.75, 3.05) is 0 Å². The number of aryl methyl sites for hydroxylation is 2. The Morgan fingerprint density at radius 2 is 1.59 bits per heavy atom. The van der Waals surface area contributed by atoms with E-state index in [4.69, 9.17) is 0 Å². The SMILES string of the molecule is Cc1c2c(c(C)c3cc(-c4ccc(-c5cccc6ccccc56)s4)ccc13)C1CC1C=C2. The van der Waals surface area contributed by atoms with Gasteiger partial charge < -0.3 is 0 Å². The number of thiophene rings is 1. The molecule has 32 heavy (non-hydrogen) atoms. The maximum absolute atomic E-state index is 2.44. The zero-order chi connectivity index (χ0) is 21.4. The van der Waals surface area contributed by atoms with Gasteiger partial charge in [-0.15, -0.1) is 11.3 Å². The van der Waals surface area contributed by atoms with Gasteiger partial charge >= 0.3 is 0 Å². The number of hydrogen-bond donors (Lipinski definition) is 0. The molecule has 1 saturated carbocycles. The lowest BCUT2D eigenvalue weighted by Crippen LogP contribution is -2.01. The van der Waals surface area contributed by atoms with Gasteiger partial charge in [-0.2, -0.15) is 0 Å². The molecule has 0 nitrogen and oxygen atoms in total. The smallest absolute Gasteiger partial charge is 0.0355 e. The van der Waals surface area contributed by atoms with Crippen LogP contribution in [0.1, 0.15) is 34.6 Å². The van der Waals surface area contributed by atoms with Gasteiger partial charge in [0, 0.05) is 9.75 Å². The first kappa shape index (κ1) is 18.4. The molecule has 0 amide bonds. The molecule has 0 spiro atoms. The van der Waals surface area contributed by atoms with E-state index >= 15 is 0 Å². The molecular formula is C31H24S. The summed E-state index contributed by atoms with van der Waals surface area (Å²) in [5.74, 6) is 1.53. The molecule has 1 aromatic heterocycles. The number of allylic oxidation sites excluding steroid dienone is 1. The standard InChI is InChI=1S/C31H24S/c1-18-23-12-11-22(17-27(23)19(2)31-24(18)13-10-21-16-28(21)31)29-14-15-30(32-29)26-9-5-7-20-6-3-4-8-25(20)26/h3-15,17,21,28H,16H2,1-2H3. The number of fused-ring (bicyclic) bond motifs is 5. The molecule has 7 rings (SSSR count). The summed E-state index contributed by atoms with van der Waals surface area (Å²) in [6.07, 6.45) is 6.14. The van der Waals surface area contributed by atoms with Crippen LogP contribution in [0, 0.1) is 19.8 Å². The molecule has 1 heterocycles. The summed E-state index contributed by atoms with van der Waals surface area (Å²) in [7, 11) is 0. The zero-order valence-electron chi connectivity index (χ0n) is 18.4. The maximum atomic E-state index is 2.44. The molecule has 1 heteroatoms. The van der Waals surface area contributed by atoms with E-state index in [1.54, 1.807) is 5.56 Å². The van der Waals surface area contributed by atoms with Gasteiger partial charge in [-0.1, -0.05) is 66.7 Å². The third-order valence-electron chi connectivity index (χ3n) is 7.59. The van der Waals surface area contributed by atoms with Gasteiger partial charge in [0.2, 0.25) is 0 Å². The molecular weight excluding hydrogens is 404 g/mol. The summed E-state index contributed by atoms with van der Waals surface area (Å²) in [5, 5.41) is 5.46. The van der Waals surface area contributed by atoms with Gasteiger partial charge in [0.25, 0.3) is 0 Å². The van der Waals surface area contributed by atoms with Gasteiger partial charge in [-0.3, -0.25) is 0 Å². The average molecular weight is 429 g/mol. The average Bonchev–Trinajstić information content (AvgIpc) is 3.47. The first-order valence-corrected chi connectivity index (χ1v) is 12.3. The Kier molecular flexibility index (Phi) is 3.84. The van der Waals surface area contributed by atoms with Crippen LogP contribution in [-0.4, -0.2) is 0 Å². The van der Waals surface area contributed by atoms with Crippen molar-refractivity contribution in [2.24, 2.45) is 5.92 Å². The normalized spacial score (nSPS) is 18.7. The summed E-state index contributed by atoms with van der Waals surface area (Å²) in [4.78, 5) is 2.68. The fourth-order valence-corrected chi connectivity index (χ4v) is 6.82. The van der Waals surface area contributed by atoms with Crippen molar-refractivity contribution in [3.63, 3.8) is 0 Å². The van der Waals surface area contributed by atoms with E-state index in [1.807, 2.05) is 11.3 Å². The van der Waals surface area contributed by atoms with Crippen molar-refractivity contribution in [2.45, 2.75) is 26.2 Å². The summed E-state index contributed by atoms with van der Waals surface area (Å²) in [5.41, 5.74) is 8.68. The van der Waals surface area contributed by atoms with E-state index < -0.39 is 0 Å². The highest BCUT2D eigenvalue weighted by Crippen LogP contribution is 2.55. The van der Waals surface area contributed by atoms with Gasteiger partial charge in [0.1, 0.15) is 0 Å². The summed E-state index contributed by atoms with van der Waals surface area (Å²) >= 11 is 1.90. The Balaban J connectivity index is 1.37. The topological polar surface area (TPSA) is 0 Å². The van der Waals surface area contributed by atoms with Crippen LogP contribution in [-0.2, 0) is 0 Å². The predicted molar refractivity (Wildman–Crippen MR) is 140 cm³/mol. The lowest BCUT2D eigenvalue weighted by Gasteiger charge is -2.20. The third kappa shape index (κ3) is 2.61. The molecule has 1 fully saturated rings. The quantitative estimate of drug-likeness (QED) is 0.263. The summed E-state index contributed by atoms with van der Waals surface area (Å²) in [6.45, 7) is 4.64. The minimum Gasteiger partial charge on any atom is -0.135 e. The van der Waals surface area contributed by atoms with Crippen LogP contribution < -0.4 is 0 Å². The predicted octanol–water partition coefficient (Wildman–Crippen LogP) is 9.14. The van der Waals surface area contributed by atoms with E-state index in [0.29, 0.717) is 0 Å². The largest absolute Gasteiger partial charge is 0.135 e. The van der Waals surface area contributed by atoms with Crippen LogP contribution in [0.3, 0.4) is 0 Å². The number of rotatable bonds is 2. The summed E-state index contributed by atoms with van der Waals surface area (Å²) in [6, 6.07) is 27.0. The van der Waals surface area contributed by atoms with Gasteiger partial charge in [0.05, 0.1) is 0 Å². The molecule has 2 aliphatic rings. The zero-order valence-corrected chi connectivity index (χ0v) is 19.2. The molecule has 0 N–H and O–H groups in total. The van der Waals surface area contributed by atoms with E-state index in [1.165, 1.54) is 65.5 Å². The summed E-state index contributed by atoms with van der Waals surface area (Å²) < 4.78 is 0. The third-order valence-corrected chi connectivity index (χ3v) is 8.76. The van der Waals surface area contributed by atoms with Crippen LogP contribution >= 0.6 is 11.3 Å². The van der Waals surface area contributed by atoms with E-state index in [0.717, 1.165) is 11.8 Å². The fraction of sp³-hybridized carbons (Fsp3) is 0.161. The highest BCUT2D eigenvalue weighted by molar-refractivity contribution is 7.18. The van der Waals surface area contributed by atoms with Crippen LogP contribution in [0.4, 0.5) is 0 Å². The Bertz CT molecular complexity index is 1570. The van der Waals surface area contributed by atoms with E-state index in [2.05, 4.69) is 98.8 Å². The second-order valence-electron chi connectivity index (χ2n) is 9.39. The monoisotopic (exact) mass is 428 g/mol. The second-order valence-corrected chi connectivity index (χ2v) is 10.5. The van der Waals surface area contributed by atoms with Gasteiger partial charge in [0.15, 0.2) is 0 Å².